The average Bonchev–Trinajstić information content (AvgIpc) is 2.82. The van der Waals surface area contributed by atoms with Crippen molar-refractivity contribution in [3.05, 3.63) is 42.2 Å². The van der Waals surface area contributed by atoms with Gasteiger partial charge in [0.05, 0.1) is 5.75 Å². The Balaban J connectivity index is 2.06. The van der Waals surface area contributed by atoms with E-state index < -0.39 is 0 Å². The molecule has 1 aromatic heterocycles. The van der Waals surface area contributed by atoms with Gasteiger partial charge < -0.3 is 5.32 Å². The molecular weight excluding hydrogens is 282 g/mol. The molecule has 0 fully saturated rings. The highest BCUT2D eigenvalue weighted by Crippen LogP contribution is 2.21. The van der Waals surface area contributed by atoms with Gasteiger partial charge in [-0.15, -0.1) is 0 Å². The Labute approximate surface area is 130 Å². The molecule has 0 aliphatic heterocycles. The largest absolute Gasteiger partial charge is 0.351 e. The molecule has 0 bridgehead atoms. The number of benzene rings is 1. The number of hydrogen-bond acceptors (Lipinski definition) is 3. The number of carbonyl (C=O) groups is 1. The molecule has 1 heterocycles. The number of carbonyl (C=O) groups excluding carboxylic acids is 1. The van der Waals surface area contributed by atoms with E-state index in [-0.39, 0.29) is 11.4 Å². The number of hydrogen-bond donors (Lipinski definition) is 1. The Morgan fingerprint density at radius 1 is 1.38 bits per heavy atom. The first-order valence-electron chi connectivity index (χ1n) is 6.89. The van der Waals surface area contributed by atoms with Crippen molar-refractivity contribution in [2.24, 2.45) is 0 Å². The number of aromatic nitrogens is 2. The second-order valence-corrected chi connectivity index (χ2v) is 6.95. The predicted molar refractivity (Wildman–Crippen MR) is 86.9 cm³/mol. The molecule has 0 aliphatic rings. The van der Waals surface area contributed by atoms with Crippen molar-refractivity contribution in [3.63, 3.8) is 0 Å². The Morgan fingerprint density at radius 3 is 2.81 bits per heavy atom. The minimum Gasteiger partial charge on any atom is -0.351 e. The van der Waals surface area contributed by atoms with E-state index in [1.54, 1.807) is 6.20 Å². The van der Waals surface area contributed by atoms with Gasteiger partial charge in [-0.1, -0.05) is 23.9 Å². The monoisotopic (exact) mass is 303 g/mol. The van der Waals surface area contributed by atoms with Crippen LogP contribution < -0.4 is 5.32 Å². The normalized spacial score (nSPS) is 11.4. The van der Waals surface area contributed by atoms with Crippen LogP contribution in [0.25, 0.3) is 5.69 Å². The van der Waals surface area contributed by atoms with E-state index in [1.807, 2.05) is 43.7 Å². The number of rotatable bonds is 4. The van der Waals surface area contributed by atoms with Crippen LogP contribution in [0, 0.1) is 6.92 Å². The smallest absolute Gasteiger partial charge is 0.230 e. The molecule has 1 N–H and O–H groups in total. The molecule has 2 rings (SSSR count). The van der Waals surface area contributed by atoms with E-state index in [4.69, 9.17) is 0 Å². The molecule has 0 spiro atoms. The van der Waals surface area contributed by atoms with Crippen molar-refractivity contribution in [1.29, 1.82) is 0 Å². The number of nitrogens with zero attached hydrogens (tertiary/aromatic N) is 2. The van der Waals surface area contributed by atoms with Gasteiger partial charge in [0.15, 0.2) is 5.16 Å². The Morgan fingerprint density at radius 2 is 2.14 bits per heavy atom. The second-order valence-electron chi connectivity index (χ2n) is 6.01. The lowest BCUT2D eigenvalue weighted by Crippen LogP contribution is -2.41. The molecule has 21 heavy (non-hydrogen) atoms. The van der Waals surface area contributed by atoms with Crippen LogP contribution in [0.5, 0.6) is 0 Å². The number of nitrogens with one attached hydrogen (secondary N) is 1. The van der Waals surface area contributed by atoms with Gasteiger partial charge in [0.2, 0.25) is 5.91 Å². The third-order valence-corrected chi connectivity index (χ3v) is 3.70. The average molecular weight is 303 g/mol. The third kappa shape index (κ3) is 4.63. The number of amides is 1. The van der Waals surface area contributed by atoms with Gasteiger partial charge in [-0.2, -0.15) is 0 Å². The van der Waals surface area contributed by atoms with Gasteiger partial charge in [0.25, 0.3) is 0 Å². The molecule has 1 amide bonds. The van der Waals surface area contributed by atoms with Crippen LogP contribution in [-0.4, -0.2) is 26.8 Å². The van der Waals surface area contributed by atoms with Gasteiger partial charge in [0, 0.05) is 23.6 Å². The SMILES string of the molecule is Cc1cccc(-n2ccnc2SCC(=O)NC(C)(C)C)c1. The van der Waals surface area contributed by atoms with Gasteiger partial charge >= 0.3 is 0 Å². The molecule has 0 saturated heterocycles. The summed E-state index contributed by atoms with van der Waals surface area (Å²) in [6.45, 7) is 7.99. The zero-order valence-corrected chi connectivity index (χ0v) is 13.7. The van der Waals surface area contributed by atoms with Crippen LogP contribution in [0.3, 0.4) is 0 Å². The highest BCUT2D eigenvalue weighted by molar-refractivity contribution is 7.99. The fraction of sp³-hybridized carbons (Fsp3) is 0.375. The lowest BCUT2D eigenvalue weighted by Gasteiger charge is -2.20. The molecule has 1 aromatic carbocycles. The molecule has 0 aliphatic carbocycles. The lowest BCUT2D eigenvalue weighted by molar-refractivity contribution is -0.119. The Bertz CT molecular complexity index is 628. The third-order valence-electron chi connectivity index (χ3n) is 2.73. The maximum Gasteiger partial charge on any atom is 0.230 e. The maximum absolute atomic E-state index is 11.9. The topological polar surface area (TPSA) is 46.9 Å². The fourth-order valence-corrected chi connectivity index (χ4v) is 2.73. The molecule has 0 radical (unpaired) electrons. The Hall–Kier alpha value is -1.75. The van der Waals surface area contributed by atoms with Crippen LogP contribution in [0.1, 0.15) is 26.3 Å². The zero-order chi connectivity index (χ0) is 15.5. The minimum atomic E-state index is -0.205. The van der Waals surface area contributed by atoms with Crippen molar-refractivity contribution >= 4 is 17.7 Å². The molecule has 2 aromatic rings. The highest BCUT2D eigenvalue weighted by Gasteiger charge is 2.15. The zero-order valence-electron chi connectivity index (χ0n) is 12.9. The number of imidazole rings is 1. The fourth-order valence-electron chi connectivity index (χ4n) is 1.96. The summed E-state index contributed by atoms with van der Waals surface area (Å²) in [5.74, 6) is 0.381. The number of thioether (sulfide) groups is 1. The summed E-state index contributed by atoms with van der Waals surface area (Å²) in [4.78, 5) is 16.2. The standard InChI is InChI=1S/C16H21N3OS/c1-12-6-5-7-13(10-12)19-9-8-17-15(19)21-11-14(20)18-16(2,3)4/h5-10H,11H2,1-4H3,(H,18,20). The summed E-state index contributed by atoms with van der Waals surface area (Å²) in [5, 5.41) is 3.78. The molecule has 0 saturated carbocycles. The van der Waals surface area contributed by atoms with E-state index in [0.29, 0.717) is 5.75 Å². The van der Waals surface area contributed by atoms with Crippen LogP contribution in [0.15, 0.2) is 41.8 Å². The van der Waals surface area contributed by atoms with E-state index in [1.165, 1.54) is 17.3 Å². The van der Waals surface area contributed by atoms with E-state index in [2.05, 4.69) is 29.4 Å². The number of aryl methyl sites for hydroxylation is 1. The van der Waals surface area contributed by atoms with Crippen molar-refractivity contribution in [2.45, 2.75) is 38.4 Å². The van der Waals surface area contributed by atoms with Crippen molar-refractivity contribution in [1.82, 2.24) is 14.9 Å². The second kappa shape index (κ2) is 6.35. The molecule has 5 heteroatoms. The first-order valence-corrected chi connectivity index (χ1v) is 7.88. The lowest BCUT2D eigenvalue weighted by atomic mass is 10.1. The van der Waals surface area contributed by atoms with Crippen molar-refractivity contribution in [3.8, 4) is 5.69 Å². The molecule has 112 valence electrons. The van der Waals surface area contributed by atoms with E-state index >= 15 is 0 Å². The summed E-state index contributed by atoms with van der Waals surface area (Å²) in [6, 6.07) is 8.21. The van der Waals surface area contributed by atoms with Gasteiger partial charge in [-0.05, 0) is 45.4 Å². The predicted octanol–water partition coefficient (Wildman–Crippen LogP) is 3.19. The van der Waals surface area contributed by atoms with Crippen LogP contribution in [0.4, 0.5) is 0 Å². The minimum absolute atomic E-state index is 0.0197. The Kier molecular flexibility index (Phi) is 4.73. The van der Waals surface area contributed by atoms with Gasteiger partial charge in [-0.3, -0.25) is 9.36 Å². The molecule has 4 nitrogen and oxygen atoms in total. The highest BCUT2D eigenvalue weighted by atomic mass is 32.2. The molecular formula is C16H21N3OS. The van der Waals surface area contributed by atoms with Crippen molar-refractivity contribution < 1.29 is 4.79 Å². The summed E-state index contributed by atoms with van der Waals surface area (Å²) in [7, 11) is 0. The van der Waals surface area contributed by atoms with E-state index in [0.717, 1.165) is 10.8 Å². The first-order chi connectivity index (χ1) is 9.85. The van der Waals surface area contributed by atoms with Crippen LogP contribution in [-0.2, 0) is 4.79 Å². The summed E-state index contributed by atoms with van der Waals surface area (Å²) >= 11 is 1.44. The molecule has 0 atom stereocenters. The first kappa shape index (κ1) is 15.6. The van der Waals surface area contributed by atoms with Crippen LogP contribution >= 0.6 is 11.8 Å². The van der Waals surface area contributed by atoms with Crippen molar-refractivity contribution in [2.75, 3.05) is 5.75 Å². The van der Waals surface area contributed by atoms with Crippen LogP contribution in [0.2, 0.25) is 0 Å². The van der Waals surface area contributed by atoms with Gasteiger partial charge in [-0.25, -0.2) is 4.98 Å². The summed E-state index contributed by atoms with van der Waals surface area (Å²) in [6.07, 6.45) is 3.67. The van der Waals surface area contributed by atoms with E-state index in [9.17, 15) is 4.79 Å². The maximum atomic E-state index is 11.9. The summed E-state index contributed by atoms with van der Waals surface area (Å²) in [5.41, 5.74) is 2.05. The van der Waals surface area contributed by atoms with Gasteiger partial charge in [0.1, 0.15) is 0 Å². The summed E-state index contributed by atoms with van der Waals surface area (Å²) < 4.78 is 2.00. The molecule has 0 unspecified atom stereocenters. The quantitative estimate of drug-likeness (QED) is 0.882.